The van der Waals surface area contributed by atoms with Crippen LogP contribution in [0.2, 0.25) is 0 Å². The van der Waals surface area contributed by atoms with Crippen LogP contribution >= 0.6 is 0 Å². The Balaban J connectivity index is 0.000000292. The van der Waals surface area contributed by atoms with Gasteiger partial charge in [0.1, 0.15) is 58.5 Å². The molecule has 1 aliphatic carbocycles. The zero-order valence-electron chi connectivity index (χ0n) is 54.6. The minimum atomic E-state index is -1.37. The molecule has 10 rings (SSSR count). The summed E-state index contributed by atoms with van der Waals surface area (Å²) in [4.78, 5) is 6.78. The molecule has 4 N–H and O–H groups in total. The summed E-state index contributed by atoms with van der Waals surface area (Å²) in [7, 11) is 8.79. The molecule has 0 aromatic heterocycles. The molecular weight excluding hydrogens is 999 g/mol. The fraction of sp³-hybridized carbons (Fsp3) is 0.647. The van der Waals surface area contributed by atoms with E-state index in [1.165, 1.54) is 196 Å². The summed E-state index contributed by atoms with van der Waals surface area (Å²) >= 11 is 0. The van der Waals surface area contributed by atoms with E-state index in [1.54, 1.807) is 19.6 Å². The number of aryl methyl sites for hydroxylation is 8. The van der Waals surface area contributed by atoms with Crippen LogP contribution in [-0.4, -0.2) is 168 Å². The molecule has 6 fully saturated rings. The third kappa shape index (κ3) is 25.7. The van der Waals surface area contributed by atoms with Gasteiger partial charge in [-0.3, -0.25) is 0 Å². The van der Waals surface area contributed by atoms with Crippen LogP contribution in [0.25, 0.3) is 0 Å². The van der Waals surface area contributed by atoms with Crippen LogP contribution in [0.5, 0.6) is 0 Å². The van der Waals surface area contributed by atoms with Crippen LogP contribution in [0.1, 0.15) is 149 Å². The zero-order valence-corrected chi connectivity index (χ0v) is 56.1. The number of quaternary nitrogens is 4. The predicted molar refractivity (Wildman–Crippen MR) is 347 cm³/mol. The van der Waals surface area contributed by atoms with Gasteiger partial charge in [-0.05, 0) is 122 Å². The van der Waals surface area contributed by atoms with E-state index in [-0.39, 0.29) is 34.3 Å². The Bertz CT molecular complexity index is 1910. The molecule has 0 unspecified atom stereocenters. The minimum absolute atomic E-state index is 0. The Morgan fingerprint density at radius 3 is 0.613 bits per heavy atom. The van der Waals surface area contributed by atoms with Gasteiger partial charge in [-0.25, -0.2) is 0 Å². The van der Waals surface area contributed by atoms with Crippen molar-refractivity contribution in [3.63, 3.8) is 0 Å². The first kappa shape index (κ1) is 71.7. The first-order valence-corrected chi connectivity index (χ1v) is 31.6. The van der Waals surface area contributed by atoms with Gasteiger partial charge in [0, 0.05) is 50.8 Å². The van der Waals surface area contributed by atoms with Gasteiger partial charge in [0.05, 0.1) is 28.2 Å². The standard InChI is InChI=1S/C32H36B.C12H28N4.C6H14BO2.C6H12.3C4H8O.Mg/c1-21-9-22(2)14-29(13-21)33(30-15-23(3)10-24(4)16-30,31-17-25(5)11-26(6)18-31)32-19-27(7)12-28(8)20-32;1-13-5-7-14(2)9-11-16(4)12-10-15(3)8-6-13;1-5(2)6(3,4)9-7-8-5;1-2-4-6-5-3-1;3*1-2-4-5-3-1;/h9-20H,1-8H3;5-12H2,1-4H3;7H2,1-4H3;1-6H2;3*1-4H2;/q-1;;-1;;;;;+2/p+4. The molecule has 4 aromatic rings. The molecule has 1 saturated carbocycles. The van der Waals surface area contributed by atoms with Crippen molar-refractivity contribution in [2.45, 2.75) is 171 Å². The molecule has 5 saturated heterocycles. The molecule has 444 valence electrons. The average molecular weight is 1120 g/mol. The molecule has 4 aromatic carbocycles. The monoisotopic (exact) mass is 1120 g/mol. The van der Waals surface area contributed by atoms with E-state index in [0.717, 1.165) is 39.6 Å². The first-order valence-electron chi connectivity index (χ1n) is 31.6. The smallest absolute Gasteiger partial charge is 0.566 e. The summed E-state index contributed by atoms with van der Waals surface area (Å²) in [5.74, 6) is 0. The van der Waals surface area contributed by atoms with Gasteiger partial charge < -0.3 is 43.1 Å². The van der Waals surface area contributed by atoms with Crippen molar-refractivity contribution >= 4 is 58.7 Å². The van der Waals surface area contributed by atoms with Gasteiger partial charge in [-0.15, -0.1) is 0 Å². The topological polar surface area (TPSA) is 63.9 Å². The maximum absolute atomic E-state index is 5.46. The molecule has 9 nitrogen and oxygen atoms in total. The van der Waals surface area contributed by atoms with Gasteiger partial charge in [0.15, 0.2) is 0 Å². The van der Waals surface area contributed by atoms with Gasteiger partial charge in [-0.2, -0.15) is 21.9 Å². The molecule has 0 amide bonds. The largest absolute Gasteiger partial charge is 2.00 e. The van der Waals surface area contributed by atoms with Gasteiger partial charge in [0.2, 0.25) is 7.69 Å². The van der Waals surface area contributed by atoms with E-state index in [4.69, 9.17) is 23.5 Å². The molecule has 6 aliphatic rings. The SMILES string of the molecule is C1CCCCC1.C1CCOC1.C1CCOC1.C1CCOC1.CC1(C)O[BH2-]OC1(C)C.C[NH+]1CC[NH+](C)CC[NH+](C)CC[NH+](C)CC1.Cc1cc(C)cc([B-](c2cc(C)cc(C)c2)(c2cc(C)cc(C)c2)c2cc(C)cc(C)c2)c1.[Mg+2]. The van der Waals surface area contributed by atoms with Gasteiger partial charge in [-0.1, -0.05) is 156 Å². The van der Waals surface area contributed by atoms with Crippen molar-refractivity contribution in [1.82, 2.24) is 0 Å². The number of hydrogen-bond donors (Lipinski definition) is 4. The number of ether oxygens (including phenoxy) is 3. The molecule has 80 heavy (non-hydrogen) atoms. The average Bonchev–Trinajstić information content (AvgIpc) is 4.27. The summed E-state index contributed by atoms with van der Waals surface area (Å²) in [5, 5.41) is 0. The van der Waals surface area contributed by atoms with Crippen molar-refractivity contribution in [3.8, 4) is 0 Å². The maximum atomic E-state index is 5.46. The zero-order chi connectivity index (χ0) is 57.9. The quantitative estimate of drug-likeness (QED) is 0.227. The van der Waals surface area contributed by atoms with Crippen LogP contribution in [0.3, 0.4) is 0 Å². The minimum Gasteiger partial charge on any atom is -0.566 e. The molecule has 12 heteroatoms. The molecule has 0 bridgehead atoms. The number of benzene rings is 4. The Kier molecular flexibility index (Phi) is 33.7. The van der Waals surface area contributed by atoms with E-state index in [2.05, 4.69) is 184 Å². The van der Waals surface area contributed by atoms with Crippen LogP contribution in [0.4, 0.5) is 0 Å². The van der Waals surface area contributed by atoms with E-state index in [0.29, 0.717) is 0 Å². The predicted octanol–water partition coefficient (Wildman–Crippen LogP) is 4.53. The van der Waals surface area contributed by atoms with E-state index in [9.17, 15) is 0 Å². The maximum Gasteiger partial charge on any atom is 2.00 e. The molecule has 0 atom stereocenters. The van der Waals surface area contributed by atoms with E-state index in [1.807, 2.05) is 0 Å². The number of likely N-dealkylation sites (N-methyl/N-ethyl adjacent to an activating group) is 4. The summed E-state index contributed by atoms with van der Waals surface area (Å²) < 4.78 is 25.8. The second-order valence-electron chi connectivity index (χ2n) is 26.1. The van der Waals surface area contributed by atoms with Crippen LogP contribution in [-0.2, 0) is 23.5 Å². The van der Waals surface area contributed by atoms with Gasteiger partial charge in [0.25, 0.3) is 0 Å². The fourth-order valence-electron chi connectivity index (χ4n) is 11.9. The number of rotatable bonds is 4. The Labute approximate surface area is 507 Å². The van der Waals surface area contributed by atoms with Crippen molar-refractivity contribution in [3.05, 3.63) is 117 Å². The normalized spacial score (nSPS) is 22.5. The third-order valence-corrected chi connectivity index (χ3v) is 17.5. The molecule has 0 radical (unpaired) electrons. The van der Waals surface area contributed by atoms with Crippen LogP contribution < -0.4 is 41.5 Å². The molecule has 0 spiro atoms. The second kappa shape index (κ2) is 37.7. The summed E-state index contributed by atoms with van der Waals surface area (Å²) in [6.45, 7) is 42.6. The van der Waals surface area contributed by atoms with Crippen molar-refractivity contribution in [1.29, 1.82) is 0 Å². The molecule has 5 heterocycles. The van der Waals surface area contributed by atoms with Gasteiger partial charge >= 0.3 is 23.1 Å². The van der Waals surface area contributed by atoms with Crippen LogP contribution in [0, 0.1) is 55.4 Å². The number of hydrogen-bond acceptors (Lipinski definition) is 5. The fourth-order valence-corrected chi connectivity index (χ4v) is 11.9. The molecule has 5 aliphatic heterocycles. The van der Waals surface area contributed by atoms with E-state index < -0.39 is 13.8 Å². The van der Waals surface area contributed by atoms with E-state index >= 15 is 0 Å². The molecular formula is C68H118B2MgN4O5+4. The Morgan fingerprint density at radius 1 is 0.312 bits per heavy atom. The number of nitrogens with one attached hydrogen (secondary N) is 4. The summed E-state index contributed by atoms with van der Waals surface area (Å²) in [5.41, 5.74) is 15.9. The van der Waals surface area contributed by atoms with Crippen molar-refractivity contribution in [2.24, 2.45) is 0 Å². The van der Waals surface area contributed by atoms with Crippen LogP contribution in [0.15, 0.2) is 72.8 Å². The Hall–Kier alpha value is -2.58. The summed E-state index contributed by atoms with van der Waals surface area (Å²) in [6.07, 6.45) is 15.3. The Morgan fingerprint density at radius 2 is 0.487 bits per heavy atom. The first-order chi connectivity index (χ1) is 37.6. The van der Waals surface area contributed by atoms with Crippen molar-refractivity contribution in [2.75, 3.05) is 120 Å². The summed E-state index contributed by atoms with van der Waals surface area (Å²) in [6, 6.07) is 28.5. The van der Waals surface area contributed by atoms with Crippen molar-refractivity contribution < 1.29 is 43.1 Å². The second-order valence-corrected chi connectivity index (χ2v) is 26.1. The third-order valence-electron chi connectivity index (χ3n) is 17.5.